The number of halogens is 1. The van der Waals surface area contributed by atoms with Crippen molar-refractivity contribution in [3.05, 3.63) is 28.8 Å². The van der Waals surface area contributed by atoms with E-state index in [2.05, 4.69) is 11.8 Å². The second kappa shape index (κ2) is 4.54. The molecule has 0 aliphatic heterocycles. The van der Waals surface area contributed by atoms with Crippen LogP contribution in [0.3, 0.4) is 0 Å². The van der Waals surface area contributed by atoms with Crippen molar-refractivity contribution in [2.24, 2.45) is 5.73 Å². The highest BCUT2D eigenvalue weighted by atomic mass is 35.5. The Morgan fingerprint density at radius 2 is 2.29 bits per heavy atom. The van der Waals surface area contributed by atoms with Gasteiger partial charge in [-0.2, -0.15) is 0 Å². The Balaban J connectivity index is 2.88. The third-order valence-corrected chi connectivity index (χ3v) is 1.68. The van der Waals surface area contributed by atoms with E-state index in [1.54, 1.807) is 6.07 Å². The van der Waals surface area contributed by atoms with E-state index in [-0.39, 0.29) is 12.2 Å². The van der Waals surface area contributed by atoms with Crippen molar-refractivity contribution in [3.8, 4) is 17.6 Å². The van der Waals surface area contributed by atoms with Crippen LogP contribution in [0.1, 0.15) is 12.0 Å². The number of phenolic OH excluding ortho intramolecular Hbond substituents is 1. The van der Waals surface area contributed by atoms with Crippen LogP contribution in [0, 0.1) is 11.8 Å². The molecule has 0 saturated heterocycles. The van der Waals surface area contributed by atoms with Crippen molar-refractivity contribution in [3.63, 3.8) is 0 Å². The van der Waals surface area contributed by atoms with Gasteiger partial charge in [0.2, 0.25) is 5.91 Å². The highest BCUT2D eigenvalue weighted by molar-refractivity contribution is 6.30. The minimum atomic E-state index is -0.501. The van der Waals surface area contributed by atoms with Gasteiger partial charge >= 0.3 is 0 Å². The zero-order valence-corrected chi connectivity index (χ0v) is 8.01. The number of rotatable bonds is 1. The number of carbonyl (C=O) groups excluding carboxylic acids is 1. The summed E-state index contributed by atoms with van der Waals surface area (Å²) in [5, 5.41) is 9.80. The maximum Gasteiger partial charge on any atom is 0.229 e. The molecule has 1 aromatic carbocycles. The molecule has 4 heteroatoms. The summed E-state index contributed by atoms with van der Waals surface area (Å²) in [6.07, 6.45) is -0.0358. The van der Waals surface area contributed by atoms with Gasteiger partial charge in [0.25, 0.3) is 0 Å². The molecule has 0 aliphatic rings. The third kappa shape index (κ3) is 3.00. The molecule has 1 rings (SSSR count). The first-order valence-corrected chi connectivity index (χ1v) is 4.23. The van der Waals surface area contributed by atoms with Crippen LogP contribution in [0.2, 0.25) is 5.02 Å². The molecular weight excluding hydrogens is 202 g/mol. The minimum absolute atomic E-state index is 0.0337. The summed E-state index contributed by atoms with van der Waals surface area (Å²) in [4.78, 5) is 10.4. The van der Waals surface area contributed by atoms with Crippen LogP contribution in [-0.4, -0.2) is 11.0 Å². The van der Waals surface area contributed by atoms with Gasteiger partial charge in [0.15, 0.2) is 0 Å². The van der Waals surface area contributed by atoms with Crippen molar-refractivity contribution < 1.29 is 9.90 Å². The fourth-order valence-electron chi connectivity index (χ4n) is 0.835. The summed E-state index contributed by atoms with van der Waals surface area (Å²) in [7, 11) is 0. The molecule has 1 amide bonds. The lowest BCUT2D eigenvalue weighted by molar-refractivity contribution is -0.117. The summed E-state index contributed by atoms with van der Waals surface area (Å²) in [6.45, 7) is 0. The molecular formula is C10H8ClNO2. The van der Waals surface area contributed by atoms with Gasteiger partial charge < -0.3 is 10.8 Å². The molecule has 0 aliphatic carbocycles. The van der Waals surface area contributed by atoms with E-state index in [9.17, 15) is 9.90 Å². The smallest absolute Gasteiger partial charge is 0.229 e. The van der Waals surface area contributed by atoms with E-state index in [0.717, 1.165) is 0 Å². The fraction of sp³-hybridized carbons (Fsp3) is 0.100. The lowest BCUT2D eigenvalue weighted by Crippen LogP contribution is -2.08. The van der Waals surface area contributed by atoms with Crippen molar-refractivity contribution in [1.82, 2.24) is 0 Å². The van der Waals surface area contributed by atoms with Crippen LogP contribution in [0.25, 0.3) is 0 Å². The highest BCUT2D eigenvalue weighted by Crippen LogP contribution is 2.20. The van der Waals surface area contributed by atoms with Gasteiger partial charge in [0.05, 0.1) is 12.0 Å². The average Bonchev–Trinajstić information content (AvgIpc) is 2.10. The molecule has 0 bridgehead atoms. The molecule has 1 aromatic rings. The molecule has 0 spiro atoms. The van der Waals surface area contributed by atoms with E-state index < -0.39 is 5.91 Å². The summed E-state index contributed by atoms with van der Waals surface area (Å²) >= 11 is 5.69. The molecule has 0 saturated carbocycles. The van der Waals surface area contributed by atoms with Crippen LogP contribution in [0.5, 0.6) is 5.75 Å². The first kappa shape index (κ1) is 10.4. The predicted molar refractivity (Wildman–Crippen MR) is 53.8 cm³/mol. The van der Waals surface area contributed by atoms with E-state index >= 15 is 0 Å². The average molecular weight is 210 g/mol. The van der Waals surface area contributed by atoms with Crippen LogP contribution in [0.15, 0.2) is 18.2 Å². The Morgan fingerprint density at radius 3 is 2.93 bits per heavy atom. The third-order valence-electron chi connectivity index (χ3n) is 1.44. The number of amides is 1. The van der Waals surface area contributed by atoms with Crippen molar-refractivity contribution in [2.75, 3.05) is 0 Å². The van der Waals surface area contributed by atoms with E-state index in [1.807, 2.05) is 0 Å². The first-order chi connectivity index (χ1) is 6.59. The van der Waals surface area contributed by atoms with E-state index in [0.29, 0.717) is 10.6 Å². The van der Waals surface area contributed by atoms with Gasteiger partial charge in [0, 0.05) is 5.02 Å². The summed E-state index contributed by atoms with van der Waals surface area (Å²) in [5.41, 5.74) is 5.28. The molecule has 0 atom stereocenters. The van der Waals surface area contributed by atoms with Gasteiger partial charge in [-0.05, 0) is 18.2 Å². The number of aromatic hydroxyl groups is 1. The zero-order valence-electron chi connectivity index (χ0n) is 7.25. The van der Waals surface area contributed by atoms with Gasteiger partial charge in [-0.25, -0.2) is 0 Å². The number of benzene rings is 1. The van der Waals surface area contributed by atoms with Crippen LogP contribution in [0.4, 0.5) is 0 Å². The van der Waals surface area contributed by atoms with Crippen LogP contribution < -0.4 is 5.73 Å². The van der Waals surface area contributed by atoms with Crippen LogP contribution in [-0.2, 0) is 4.79 Å². The molecule has 0 heterocycles. The second-order valence-electron chi connectivity index (χ2n) is 2.61. The number of hydrogen-bond acceptors (Lipinski definition) is 2. The van der Waals surface area contributed by atoms with Gasteiger partial charge in [-0.3, -0.25) is 4.79 Å². The number of carbonyl (C=O) groups is 1. The zero-order chi connectivity index (χ0) is 10.6. The maximum absolute atomic E-state index is 10.4. The lowest BCUT2D eigenvalue weighted by Gasteiger charge is -1.96. The first-order valence-electron chi connectivity index (χ1n) is 3.85. The molecule has 0 radical (unpaired) electrons. The monoisotopic (exact) mass is 209 g/mol. The maximum atomic E-state index is 10.4. The molecule has 0 fully saturated rings. The standard InChI is InChI=1S/C10H8ClNO2/c11-8-4-5-9(13)7(6-8)2-1-3-10(12)14/h4-6,13H,3H2,(H2,12,14). The highest BCUT2D eigenvalue weighted by Gasteiger charge is 1.97. The lowest BCUT2D eigenvalue weighted by atomic mass is 10.2. The van der Waals surface area contributed by atoms with E-state index in [4.69, 9.17) is 17.3 Å². The molecule has 14 heavy (non-hydrogen) atoms. The number of phenols is 1. The topological polar surface area (TPSA) is 63.3 Å². The molecule has 3 N–H and O–H groups in total. The number of nitrogens with two attached hydrogens (primary N) is 1. The SMILES string of the molecule is NC(=O)CC#Cc1cc(Cl)ccc1O. The Kier molecular flexibility index (Phi) is 3.38. The number of hydrogen-bond donors (Lipinski definition) is 2. The molecule has 0 unspecified atom stereocenters. The van der Waals surface area contributed by atoms with E-state index in [1.165, 1.54) is 12.1 Å². The summed E-state index contributed by atoms with van der Waals surface area (Å²) < 4.78 is 0. The quantitative estimate of drug-likeness (QED) is 0.685. The van der Waals surface area contributed by atoms with Crippen molar-refractivity contribution in [2.45, 2.75) is 6.42 Å². The Bertz CT molecular complexity index is 418. The Hall–Kier alpha value is -1.66. The largest absolute Gasteiger partial charge is 0.507 e. The summed E-state index contributed by atoms with van der Waals surface area (Å²) in [6, 6.07) is 4.51. The predicted octanol–water partition coefficient (Wildman–Crippen LogP) is 1.27. The van der Waals surface area contributed by atoms with Gasteiger partial charge in [0.1, 0.15) is 5.75 Å². The van der Waals surface area contributed by atoms with Gasteiger partial charge in [-0.15, -0.1) is 0 Å². The summed E-state index contributed by atoms with van der Waals surface area (Å²) in [5.74, 6) is 4.66. The van der Waals surface area contributed by atoms with Crippen LogP contribution >= 0.6 is 11.6 Å². The van der Waals surface area contributed by atoms with Crippen molar-refractivity contribution in [1.29, 1.82) is 0 Å². The van der Waals surface area contributed by atoms with Crippen molar-refractivity contribution >= 4 is 17.5 Å². The Labute approximate surface area is 86.5 Å². The molecule has 0 aromatic heterocycles. The second-order valence-corrected chi connectivity index (χ2v) is 3.04. The molecule has 3 nitrogen and oxygen atoms in total. The number of primary amides is 1. The minimum Gasteiger partial charge on any atom is -0.507 e. The Morgan fingerprint density at radius 1 is 1.57 bits per heavy atom. The normalized spacial score (nSPS) is 8.93. The fourth-order valence-corrected chi connectivity index (χ4v) is 1.01. The van der Waals surface area contributed by atoms with Gasteiger partial charge in [-0.1, -0.05) is 23.4 Å². The molecule has 72 valence electrons.